The van der Waals surface area contributed by atoms with E-state index in [9.17, 15) is 4.39 Å². The van der Waals surface area contributed by atoms with Crippen LogP contribution in [0.2, 0.25) is 0 Å². The number of alkyl halides is 1. The highest BCUT2D eigenvalue weighted by Gasteiger charge is 2.33. The van der Waals surface area contributed by atoms with Crippen LogP contribution in [0.5, 0.6) is 0 Å². The number of aromatic nitrogens is 2. The van der Waals surface area contributed by atoms with Gasteiger partial charge in [-0.25, -0.2) is 4.39 Å². The van der Waals surface area contributed by atoms with Gasteiger partial charge in [0, 0.05) is 6.42 Å². The molecule has 0 spiro atoms. The molecule has 0 fully saturated rings. The molecule has 0 aliphatic carbocycles. The van der Waals surface area contributed by atoms with Gasteiger partial charge >= 0.3 is 0 Å². The van der Waals surface area contributed by atoms with Crippen molar-refractivity contribution in [2.75, 3.05) is 5.75 Å². The maximum atomic E-state index is 14.1. The standard InChI is InChI=1S/C14H12FN3S/c15-11-8-12(10-4-2-1-3-5-10)18-13(11)9-14(17-18)19-7-6-16/h1-5,9,11-12H,7-8H2. The van der Waals surface area contributed by atoms with Crippen LogP contribution in [-0.2, 0) is 0 Å². The number of fused-ring (bicyclic) bond motifs is 1. The van der Waals surface area contributed by atoms with E-state index in [1.807, 2.05) is 30.3 Å². The van der Waals surface area contributed by atoms with Crippen LogP contribution in [0.1, 0.15) is 29.9 Å². The van der Waals surface area contributed by atoms with Crippen LogP contribution in [0.25, 0.3) is 0 Å². The van der Waals surface area contributed by atoms with E-state index in [0.29, 0.717) is 17.9 Å². The Labute approximate surface area is 115 Å². The minimum absolute atomic E-state index is 0.0392. The van der Waals surface area contributed by atoms with Gasteiger partial charge in [0.2, 0.25) is 0 Å². The molecule has 1 aromatic heterocycles. The van der Waals surface area contributed by atoms with Crippen LogP contribution in [0.3, 0.4) is 0 Å². The minimum Gasteiger partial charge on any atom is -0.258 e. The number of benzene rings is 1. The van der Waals surface area contributed by atoms with Crippen molar-refractivity contribution in [2.45, 2.75) is 23.7 Å². The molecule has 3 nitrogen and oxygen atoms in total. The molecule has 1 aromatic carbocycles. The van der Waals surface area contributed by atoms with Gasteiger partial charge < -0.3 is 0 Å². The van der Waals surface area contributed by atoms with Crippen LogP contribution >= 0.6 is 11.8 Å². The molecule has 5 heteroatoms. The lowest BCUT2D eigenvalue weighted by molar-refractivity contribution is 0.333. The predicted octanol–water partition coefficient (Wildman–Crippen LogP) is 3.50. The van der Waals surface area contributed by atoms with Crippen molar-refractivity contribution in [1.29, 1.82) is 5.26 Å². The zero-order valence-electron chi connectivity index (χ0n) is 10.2. The summed E-state index contributed by atoms with van der Waals surface area (Å²) in [5, 5.41) is 13.7. The Kier molecular flexibility index (Phi) is 3.26. The van der Waals surface area contributed by atoms with Gasteiger partial charge in [0.05, 0.1) is 23.6 Å². The molecule has 2 heterocycles. The fraction of sp³-hybridized carbons (Fsp3) is 0.286. The van der Waals surface area contributed by atoms with Crippen molar-refractivity contribution in [3.8, 4) is 6.07 Å². The summed E-state index contributed by atoms with van der Waals surface area (Å²) in [4.78, 5) is 0. The molecular weight excluding hydrogens is 261 g/mol. The van der Waals surface area contributed by atoms with E-state index in [0.717, 1.165) is 10.6 Å². The third-order valence-electron chi connectivity index (χ3n) is 3.26. The number of nitriles is 1. The zero-order chi connectivity index (χ0) is 13.2. The molecule has 0 amide bonds. The smallest absolute Gasteiger partial charge is 0.144 e. The van der Waals surface area contributed by atoms with Gasteiger partial charge in [0.1, 0.15) is 11.2 Å². The summed E-state index contributed by atoms with van der Waals surface area (Å²) in [6, 6.07) is 13.6. The van der Waals surface area contributed by atoms with Crippen molar-refractivity contribution < 1.29 is 4.39 Å². The highest BCUT2D eigenvalue weighted by atomic mass is 32.2. The maximum Gasteiger partial charge on any atom is 0.144 e. The Morgan fingerprint density at radius 3 is 2.95 bits per heavy atom. The third kappa shape index (κ3) is 2.24. The lowest BCUT2D eigenvalue weighted by Gasteiger charge is -2.11. The summed E-state index contributed by atoms with van der Waals surface area (Å²) in [5.41, 5.74) is 1.69. The summed E-state index contributed by atoms with van der Waals surface area (Å²) < 4.78 is 15.8. The normalized spacial score (nSPS) is 21.1. The van der Waals surface area contributed by atoms with Crippen LogP contribution in [0, 0.1) is 11.3 Å². The van der Waals surface area contributed by atoms with Crippen LogP contribution in [-0.4, -0.2) is 15.5 Å². The topological polar surface area (TPSA) is 41.6 Å². The Bertz CT molecular complexity index is 617. The molecule has 0 saturated carbocycles. The van der Waals surface area contributed by atoms with Gasteiger partial charge in [-0.15, -0.1) is 0 Å². The van der Waals surface area contributed by atoms with Gasteiger partial charge in [0.25, 0.3) is 0 Å². The molecule has 0 bridgehead atoms. The number of hydrogen-bond acceptors (Lipinski definition) is 3. The average molecular weight is 273 g/mol. The van der Waals surface area contributed by atoms with Gasteiger partial charge in [-0.2, -0.15) is 10.4 Å². The van der Waals surface area contributed by atoms with Gasteiger partial charge in [-0.3, -0.25) is 4.68 Å². The van der Waals surface area contributed by atoms with Crippen molar-refractivity contribution in [3.05, 3.63) is 47.7 Å². The maximum absolute atomic E-state index is 14.1. The molecule has 0 N–H and O–H groups in total. The zero-order valence-corrected chi connectivity index (χ0v) is 11.0. The van der Waals surface area contributed by atoms with Crippen LogP contribution in [0.15, 0.2) is 41.4 Å². The molecule has 96 valence electrons. The van der Waals surface area contributed by atoms with E-state index in [2.05, 4.69) is 11.2 Å². The largest absolute Gasteiger partial charge is 0.258 e. The molecule has 3 rings (SSSR count). The van der Waals surface area contributed by atoms with Crippen molar-refractivity contribution in [2.24, 2.45) is 0 Å². The third-order valence-corrected chi connectivity index (χ3v) is 4.03. The number of nitrogens with zero attached hydrogens (tertiary/aromatic N) is 3. The second-order valence-electron chi connectivity index (χ2n) is 4.43. The molecule has 1 aliphatic heterocycles. The summed E-state index contributed by atoms with van der Waals surface area (Å²) in [5.74, 6) is 0.337. The minimum atomic E-state index is -0.978. The molecular formula is C14H12FN3S. The van der Waals surface area contributed by atoms with E-state index in [1.165, 1.54) is 11.8 Å². The first-order valence-electron chi connectivity index (χ1n) is 6.08. The van der Waals surface area contributed by atoms with Gasteiger partial charge in [-0.05, 0) is 11.6 Å². The van der Waals surface area contributed by atoms with Crippen LogP contribution < -0.4 is 0 Å². The second kappa shape index (κ2) is 5.06. The van der Waals surface area contributed by atoms with E-state index in [1.54, 1.807) is 10.7 Å². The first kappa shape index (κ1) is 12.2. The Balaban J connectivity index is 1.93. The van der Waals surface area contributed by atoms with Gasteiger partial charge in [-0.1, -0.05) is 42.1 Å². The lowest BCUT2D eigenvalue weighted by atomic mass is 10.0. The number of rotatable bonds is 3. The van der Waals surface area contributed by atoms with Crippen LogP contribution in [0.4, 0.5) is 4.39 Å². The quantitative estimate of drug-likeness (QED) is 0.804. The van der Waals surface area contributed by atoms with Gasteiger partial charge in [0.15, 0.2) is 0 Å². The van der Waals surface area contributed by atoms with Crippen molar-refractivity contribution >= 4 is 11.8 Å². The predicted molar refractivity (Wildman–Crippen MR) is 71.6 cm³/mol. The SMILES string of the molecule is N#CCSc1cc2n(n1)C(c1ccccc1)CC2F. The number of halogens is 1. The van der Waals surface area contributed by atoms with E-state index in [-0.39, 0.29) is 6.04 Å². The number of hydrogen-bond donors (Lipinski definition) is 0. The Morgan fingerprint density at radius 2 is 2.21 bits per heavy atom. The summed E-state index contributed by atoms with van der Waals surface area (Å²) in [6.07, 6.45) is -0.538. The molecule has 2 aromatic rings. The number of thioether (sulfide) groups is 1. The summed E-state index contributed by atoms with van der Waals surface area (Å²) in [6.45, 7) is 0. The fourth-order valence-corrected chi connectivity index (χ4v) is 2.98. The average Bonchev–Trinajstić information content (AvgIpc) is 2.98. The van der Waals surface area contributed by atoms with Crippen molar-refractivity contribution in [1.82, 2.24) is 9.78 Å². The second-order valence-corrected chi connectivity index (χ2v) is 5.42. The fourth-order valence-electron chi connectivity index (χ4n) is 2.41. The summed E-state index contributed by atoms with van der Waals surface area (Å²) in [7, 11) is 0. The Hall–Kier alpha value is -1.80. The lowest BCUT2D eigenvalue weighted by Crippen LogP contribution is -2.07. The Morgan fingerprint density at radius 1 is 1.42 bits per heavy atom. The first-order chi connectivity index (χ1) is 9.29. The molecule has 19 heavy (non-hydrogen) atoms. The van der Waals surface area contributed by atoms with E-state index >= 15 is 0 Å². The molecule has 2 unspecified atom stereocenters. The van der Waals surface area contributed by atoms with Crippen molar-refractivity contribution in [3.63, 3.8) is 0 Å². The highest BCUT2D eigenvalue weighted by molar-refractivity contribution is 7.99. The molecule has 2 atom stereocenters. The van der Waals surface area contributed by atoms with E-state index < -0.39 is 6.17 Å². The summed E-state index contributed by atoms with van der Waals surface area (Å²) >= 11 is 1.34. The first-order valence-corrected chi connectivity index (χ1v) is 7.06. The molecule has 0 radical (unpaired) electrons. The highest BCUT2D eigenvalue weighted by Crippen LogP contribution is 2.41. The van der Waals surface area contributed by atoms with E-state index in [4.69, 9.17) is 5.26 Å². The monoisotopic (exact) mass is 273 g/mol. The molecule has 1 aliphatic rings. The molecule has 0 saturated heterocycles.